The second kappa shape index (κ2) is 12.2. The van der Waals surface area contributed by atoms with Gasteiger partial charge >= 0.3 is 5.69 Å². The highest BCUT2D eigenvalue weighted by atomic mass is 32.1. The molecule has 3 heterocycles. The van der Waals surface area contributed by atoms with Crippen molar-refractivity contribution in [3.63, 3.8) is 0 Å². The number of nitrogens with one attached hydrogen (secondary N) is 1. The Morgan fingerprint density at radius 1 is 1.20 bits per heavy atom. The zero-order chi connectivity index (χ0) is 32.0. The standard InChI is InChI=1S/C33H40N4O7S/c1-6-34-31(40)33(3,4)37-29(39)26-18(2)27(28-35-11-12-43-28)45-30(26)36(32(37)41)17-25(23-9-7-8-10-24(23)42-5)44-22-15-19-13-21(38)14-20(19)16-22/h7-12,19-22,25,38H,6,13-17H2,1-5H3,(H,34,40)/t19-,20?,21-,22+,25?/m0/s1. The molecular formula is C33H40N4O7S. The molecule has 2 aliphatic carbocycles. The number of aliphatic hydroxyl groups is 1. The maximum atomic E-state index is 14.5. The number of carbonyl (C=O) groups excluding carboxylic acids is 1. The van der Waals surface area contributed by atoms with Gasteiger partial charge in [0.25, 0.3) is 5.56 Å². The third-order valence-electron chi connectivity index (χ3n) is 9.43. The van der Waals surface area contributed by atoms with Crippen LogP contribution < -0.4 is 21.3 Å². The first kappa shape index (κ1) is 31.3. The van der Waals surface area contributed by atoms with Crippen molar-refractivity contribution in [1.82, 2.24) is 19.4 Å². The highest BCUT2D eigenvalue weighted by molar-refractivity contribution is 7.22. The van der Waals surface area contributed by atoms with Crippen LogP contribution in [-0.4, -0.2) is 51.0 Å². The third-order valence-corrected chi connectivity index (χ3v) is 10.7. The van der Waals surface area contributed by atoms with Crippen molar-refractivity contribution in [2.45, 2.75) is 83.8 Å². The molecule has 5 atom stereocenters. The summed E-state index contributed by atoms with van der Waals surface area (Å²) < 4.78 is 20.8. The van der Waals surface area contributed by atoms with E-state index in [0.29, 0.717) is 50.7 Å². The number of oxazole rings is 1. The Morgan fingerprint density at radius 2 is 1.91 bits per heavy atom. The van der Waals surface area contributed by atoms with Gasteiger partial charge in [-0.2, -0.15) is 0 Å². The molecule has 6 rings (SSSR count). The highest BCUT2D eigenvalue weighted by Gasteiger charge is 2.43. The second-order valence-corrected chi connectivity index (χ2v) is 13.6. The molecule has 2 saturated carbocycles. The number of para-hydroxylation sites is 1. The van der Waals surface area contributed by atoms with Gasteiger partial charge in [0, 0.05) is 12.1 Å². The minimum absolute atomic E-state index is 0.0702. The second-order valence-electron chi connectivity index (χ2n) is 12.6. The summed E-state index contributed by atoms with van der Waals surface area (Å²) in [6.45, 7) is 7.17. The minimum atomic E-state index is -1.48. The maximum absolute atomic E-state index is 14.5. The van der Waals surface area contributed by atoms with Gasteiger partial charge in [-0.1, -0.05) is 18.2 Å². The third kappa shape index (κ3) is 5.53. The predicted molar refractivity (Wildman–Crippen MR) is 171 cm³/mol. The Morgan fingerprint density at radius 3 is 2.56 bits per heavy atom. The van der Waals surface area contributed by atoms with E-state index in [1.54, 1.807) is 39.4 Å². The number of amides is 1. The van der Waals surface area contributed by atoms with Gasteiger partial charge in [-0.25, -0.2) is 14.3 Å². The number of rotatable bonds is 10. The lowest BCUT2D eigenvalue weighted by atomic mass is 10.0. The normalized spacial score (nSPS) is 22.1. The largest absolute Gasteiger partial charge is 0.496 e. The topological polar surface area (TPSA) is 138 Å². The van der Waals surface area contributed by atoms with E-state index in [1.165, 1.54) is 23.8 Å². The number of hydrogen-bond donors (Lipinski definition) is 2. The molecule has 2 fully saturated rings. The molecule has 240 valence electrons. The minimum Gasteiger partial charge on any atom is -0.496 e. The average molecular weight is 637 g/mol. The monoisotopic (exact) mass is 636 g/mol. The van der Waals surface area contributed by atoms with Crippen molar-refractivity contribution in [1.29, 1.82) is 0 Å². The summed E-state index contributed by atoms with van der Waals surface area (Å²) in [6.07, 6.45) is 5.27. The lowest BCUT2D eigenvalue weighted by Gasteiger charge is -2.29. The van der Waals surface area contributed by atoms with Crippen LogP contribution in [0.3, 0.4) is 0 Å². The zero-order valence-corrected chi connectivity index (χ0v) is 27.1. The van der Waals surface area contributed by atoms with Crippen molar-refractivity contribution in [3.05, 3.63) is 68.7 Å². The van der Waals surface area contributed by atoms with Gasteiger partial charge < -0.3 is 24.3 Å². The smallest absolute Gasteiger partial charge is 0.333 e. The quantitative estimate of drug-likeness (QED) is 0.262. The van der Waals surface area contributed by atoms with Gasteiger partial charge in [0.05, 0.1) is 42.3 Å². The Bertz CT molecular complexity index is 1810. The molecule has 0 saturated heterocycles. The van der Waals surface area contributed by atoms with Gasteiger partial charge in [-0.05, 0) is 76.8 Å². The first-order chi connectivity index (χ1) is 21.5. The molecule has 1 aromatic carbocycles. The predicted octanol–water partition coefficient (Wildman–Crippen LogP) is 4.38. The lowest BCUT2D eigenvalue weighted by Crippen LogP contribution is -2.55. The fraction of sp³-hybridized carbons (Fsp3) is 0.515. The highest BCUT2D eigenvalue weighted by Crippen LogP contribution is 2.47. The number of nitrogens with zero attached hydrogens (tertiary/aromatic N) is 3. The van der Waals surface area contributed by atoms with Gasteiger partial charge in [-0.3, -0.25) is 14.2 Å². The summed E-state index contributed by atoms with van der Waals surface area (Å²) in [7, 11) is 1.60. The van der Waals surface area contributed by atoms with Crippen LogP contribution in [0.15, 0.2) is 50.7 Å². The van der Waals surface area contributed by atoms with Crippen LogP contribution in [0.2, 0.25) is 0 Å². The Labute approximate surface area is 264 Å². The fourth-order valence-corrected chi connectivity index (χ4v) is 8.45. The molecule has 0 bridgehead atoms. The van der Waals surface area contributed by atoms with Crippen LogP contribution in [0.5, 0.6) is 5.75 Å². The number of methoxy groups -OCH3 is 1. The zero-order valence-electron chi connectivity index (χ0n) is 26.2. The van der Waals surface area contributed by atoms with Crippen molar-refractivity contribution >= 4 is 27.5 Å². The van der Waals surface area contributed by atoms with Crippen LogP contribution in [0, 0.1) is 18.8 Å². The molecule has 2 aliphatic rings. The summed E-state index contributed by atoms with van der Waals surface area (Å²) >= 11 is 1.26. The molecule has 0 aliphatic heterocycles. The fourth-order valence-electron chi connectivity index (χ4n) is 7.20. The maximum Gasteiger partial charge on any atom is 0.333 e. The number of aliphatic hydroxyl groups excluding tert-OH is 1. The van der Waals surface area contributed by atoms with E-state index in [2.05, 4.69) is 10.3 Å². The van der Waals surface area contributed by atoms with Gasteiger partial charge in [0.2, 0.25) is 11.8 Å². The Kier molecular flexibility index (Phi) is 8.49. The first-order valence-corrected chi connectivity index (χ1v) is 16.3. The molecule has 11 nitrogen and oxygen atoms in total. The summed E-state index contributed by atoms with van der Waals surface area (Å²) in [6, 6.07) is 7.57. The van der Waals surface area contributed by atoms with Crippen LogP contribution in [0.1, 0.15) is 63.7 Å². The van der Waals surface area contributed by atoms with E-state index in [-0.39, 0.29) is 18.8 Å². The molecule has 2 unspecified atom stereocenters. The molecule has 0 radical (unpaired) electrons. The van der Waals surface area contributed by atoms with E-state index < -0.39 is 28.8 Å². The van der Waals surface area contributed by atoms with E-state index in [4.69, 9.17) is 13.9 Å². The van der Waals surface area contributed by atoms with Crippen molar-refractivity contribution in [2.24, 2.45) is 11.8 Å². The lowest BCUT2D eigenvalue weighted by molar-refractivity contribution is -0.128. The van der Waals surface area contributed by atoms with Crippen LogP contribution in [0.25, 0.3) is 21.0 Å². The summed E-state index contributed by atoms with van der Waals surface area (Å²) in [5, 5.41) is 13.3. The molecule has 4 aromatic rings. The van der Waals surface area contributed by atoms with Crippen LogP contribution in [0.4, 0.5) is 0 Å². The molecule has 2 N–H and O–H groups in total. The van der Waals surface area contributed by atoms with Crippen LogP contribution >= 0.6 is 11.3 Å². The number of benzene rings is 1. The summed E-state index contributed by atoms with van der Waals surface area (Å²) in [5.41, 5.74) is -1.25. The van der Waals surface area contributed by atoms with E-state index in [1.807, 2.05) is 24.3 Å². The number of thiophene rings is 1. The van der Waals surface area contributed by atoms with Gasteiger partial charge in [0.1, 0.15) is 28.5 Å². The van der Waals surface area contributed by atoms with E-state index >= 15 is 0 Å². The van der Waals surface area contributed by atoms with Crippen LogP contribution in [-0.2, 0) is 21.6 Å². The molecular weight excluding hydrogens is 596 g/mol. The van der Waals surface area contributed by atoms with Crippen molar-refractivity contribution in [3.8, 4) is 16.5 Å². The van der Waals surface area contributed by atoms with Crippen molar-refractivity contribution in [2.75, 3.05) is 13.7 Å². The molecule has 0 spiro atoms. The van der Waals surface area contributed by atoms with E-state index in [0.717, 1.165) is 35.8 Å². The van der Waals surface area contributed by atoms with E-state index in [9.17, 15) is 19.5 Å². The molecule has 1 amide bonds. The molecule has 12 heteroatoms. The number of likely N-dealkylation sites (N-methyl/N-ethyl adjacent to an activating group) is 1. The van der Waals surface area contributed by atoms with Gasteiger partial charge in [0.15, 0.2) is 0 Å². The first-order valence-electron chi connectivity index (χ1n) is 15.5. The average Bonchev–Trinajstić information content (AvgIpc) is 3.79. The Hall–Kier alpha value is -3.74. The number of aromatic nitrogens is 3. The number of aryl methyl sites for hydroxylation is 1. The summed E-state index contributed by atoms with van der Waals surface area (Å²) in [4.78, 5) is 47.4. The number of fused-ring (bicyclic) bond motifs is 2. The molecule has 3 aromatic heterocycles. The SMILES string of the molecule is CCNC(=O)C(C)(C)n1c(=O)c2c(C)c(-c3ncco3)sc2n(CC(O[C@H]2CC3C[C@@H](O)C[C@H]3C2)c2ccccc2OC)c1=O. The van der Waals surface area contributed by atoms with Crippen molar-refractivity contribution < 1.29 is 23.8 Å². The number of carbonyl (C=O) groups is 1. The molecule has 45 heavy (non-hydrogen) atoms. The van der Waals surface area contributed by atoms with Gasteiger partial charge in [-0.15, -0.1) is 11.3 Å². The Balaban J connectivity index is 1.53. The number of hydrogen-bond acceptors (Lipinski definition) is 9. The summed E-state index contributed by atoms with van der Waals surface area (Å²) in [5.74, 6) is 1.34. The number of ether oxygens (including phenoxy) is 2.